The predicted octanol–water partition coefficient (Wildman–Crippen LogP) is 0.362. The Hall–Kier alpha value is -0.680. The van der Waals surface area contributed by atoms with Crippen LogP contribution in [-0.2, 0) is 0 Å². The average molecular weight is 242 g/mol. The van der Waals surface area contributed by atoms with Crippen LogP contribution in [0.15, 0.2) is 23.8 Å². The highest BCUT2D eigenvalue weighted by atomic mass is 16.3. The van der Waals surface area contributed by atoms with Crippen LogP contribution < -0.4 is 0 Å². The maximum atomic E-state index is 9.95. The second-order valence-electron chi connectivity index (χ2n) is 4.83. The van der Waals surface area contributed by atoms with Crippen molar-refractivity contribution in [1.29, 1.82) is 0 Å². The summed E-state index contributed by atoms with van der Waals surface area (Å²) in [5.41, 5.74) is 0.707. The molecule has 0 aromatic heterocycles. The van der Waals surface area contributed by atoms with Crippen LogP contribution in [0.5, 0.6) is 0 Å². The summed E-state index contributed by atoms with van der Waals surface area (Å²) in [4.78, 5) is 0. The van der Waals surface area contributed by atoms with Gasteiger partial charge in [0.2, 0.25) is 0 Å². The first-order chi connectivity index (χ1) is 7.91. The third-order valence-electron chi connectivity index (χ3n) is 2.94. The number of aliphatic hydroxyl groups is 4. The van der Waals surface area contributed by atoms with Gasteiger partial charge in [0, 0.05) is 12.3 Å². The number of hydrogen-bond acceptors (Lipinski definition) is 4. The molecule has 0 bridgehead atoms. The fraction of sp³-hybridized carbons (Fsp3) is 0.692. The Morgan fingerprint density at radius 1 is 1.06 bits per heavy atom. The highest BCUT2D eigenvalue weighted by Crippen LogP contribution is 2.29. The van der Waals surface area contributed by atoms with Gasteiger partial charge in [-0.1, -0.05) is 18.2 Å². The van der Waals surface area contributed by atoms with Crippen molar-refractivity contribution in [2.45, 2.75) is 51.1 Å². The van der Waals surface area contributed by atoms with Gasteiger partial charge in [-0.3, -0.25) is 0 Å². The molecule has 17 heavy (non-hydrogen) atoms. The minimum atomic E-state index is -0.751. The molecule has 1 rings (SSSR count). The fourth-order valence-electron chi connectivity index (χ4n) is 2.15. The van der Waals surface area contributed by atoms with E-state index in [-0.39, 0.29) is 18.8 Å². The molecule has 0 fully saturated rings. The molecular weight excluding hydrogens is 220 g/mol. The average Bonchev–Trinajstić information content (AvgIpc) is 2.63. The molecule has 0 saturated heterocycles. The first kappa shape index (κ1) is 14.4. The van der Waals surface area contributed by atoms with Crippen molar-refractivity contribution >= 4 is 0 Å². The van der Waals surface area contributed by atoms with Crippen molar-refractivity contribution in [2.75, 3.05) is 0 Å². The monoisotopic (exact) mass is 242 g/mol. The number of rotatable bonds is 6. The van der Waals surface area contributed by atoms with E-state index in [0.717, 1.165) is 0 Å². The van der Waals surface area contributed by atoms with Gasteiger partial charge in [-0.25, -0.2) is 0 Å². The van der Waals surface area contributed by atoms with Crippen molar-refractivity contribution in [3.8, 4) is 0 Å². The third kappa shape index (κ3) is 4.24. The summed E-state index contributed by atoms with van der Waals surface area (Å²) in [6, 6.07) is 0. The third-order valence-corrected chi connectivity index (χ3v) is 2.94. The summed E-state index contributed by atoms with van der Waals surface area (Å²) in [6.07, 6.45) is 3.28. The zero-order valence-corrected chi connectivity index (χ0v) is 10.3. The van der Waals surface area contributed by atoms with Crippen LogP contribution in [0.4, 0.5) is 0 Å². The molecule has 5 unspecified atom stereocenters. The Bertz CT molecular complexity index is 294. The molecule has 0 aromatic rings. The van der Waals surface area contributed by atoms with Crippen molar-refractivity contribution < 1.29 is 20.4 Å². The maximum absolute atomic E-state index is 9.95. The SMILES string of the molecule is CC(O)CC(O)C1=CC=CC1C(O)CC(C)O. The van der Waals surface area contributed by atoms with E-state index in [0.29, 0.717) is 5.57 Å². The first-order valence-corrected chi connectivity index (χ1v) is 6.02. The molecule has 98 valence electrons. The standard InChI is InChI=1S/C13H22O4/c1-8(14)6-12(16)10-4-3-5-11(10)13(17)7-9(2)15/h3-5,8-10,12-17H,6-7H2,1-2H3. The fourth-order valence-corrected chi connectivity index (χ4v) is 2.15. The van der Waals surface area contributed by atoms with E-state index in [9.17, 15) is 20.4 Å². The zero-order valence-electron chi connectivity index (χ0n) is 10.3. The van der Waals surface area contributed by atoms with Crippen LogP contribution in [0.2, 0.25) is 0 Å². The van der Waals surface area contributed by atoms with E-state index in [1.54, 1.807) is 26.0 Å². The lowest BCUT2D eigenvalue weighted by molar-refractivity contribution is 0.0582. The molecular formula is C13H22O4. The van der Waals surface area contributed by atoms with Crippen molar-refractivity contribution in [3.63, 3.8) is 0 Å². The molecule has 0 aromatic carbocycles. The molecule has 0 aliphatic heterocycles. The topological polar surface area (TPSA) is 80.9 Å². The molecule has 4 nitrogen and oxygen atoms in total. The second kappa shape index (κ2) is 6.31. The van der Waals surface area contributed by atoms with Gasteiger partial charge in [-0.05, 0) is 25.8 Å². The Morgan fingerprint density at radius 3 is 2.18 bits per heavy atom. The number of hydrogen-bond donors (Lipinski definition) is 4. The first-order valence-electron chi connectivity index (χ1n) is 6.02. The van der Waals surface area contributed by atoms with Gasteiger partial charge in [0.15, 0.2) is 0 Å². The van der Waals surface area contributed by atoms with Crippen LogP contribution >= 0.6 is 0 Å². The van der Waals surface area contributed by atoms with Crippen LogP contribution in [-0.4, -0.2) is 44.8 Å². The maximum Gasteiger partial charge on any atom is 0.0784 e. The second-order valence-corrected chi connectivity index (χ2v) is 4.83. The summed E-state index contributed by atoms with van der Waals surface area (Å²) in [7, 11) is 0. The van der Waals surface area contributed by atoms with E-state index in [4.69, 9.17) is 0 Å². The van der Waals surface area contributed by atoms with E-state index < -0.39 is 24.4 Å². The summed E-state index contributed by atoms with van der Waals surface area (Å²) >= 11 is 0. The lowest BCUT2D eigenvalue weighted by Gasteiger charge is -2.25. The normalized spacial score (nSPS) is 26.5. The molecule has 1 aliphatic rings. The van der Waals surface area contributed by atoms with Crippen molar-refractivity contribution in [1.82, 2.24) is 0 Å². The molecule has 0 saturated carbocycles. The van der Waals surface area contributed by atoms with Gasteiger partial charge in [0.25, 0.3) is 0 Å². The van der Waals surface area contributed by atoms with E-state index >= 15 is 0 Å². The smallest absolute Gasteiger partial charge is 0.0784 e. The summed E-state index contributed by atoms with van der Waals surface area (Å²) in [6.45, 7) is 3.24. The molecule has 1 aliphatic carbocycles. The highest BCUT2D eigenvalue weighted by Gasteiger charge is 2.28. The number of allylic oxidation sites excluding steroid dienone is 2. The van der Waals surface area contributed by atoms with Gasteiger partial charge in [0.1, 0.15) is 0 Å². The lowest BCUT2D eigenvalue weighted by Crippen LogP contribution is -2.29. The van der Waals surface area contributed by atoms with Crippen molar-refractivity contribution in [3.05, 3.63) is 23.8 Å². The molecule has 0 amide bonds. The predicted molar refractivity (Wildman–Crippen MR) is 65.3 cm³/mol. The van der Waals surface area contributed by atoms with Crippen molar-refractivity contribution in [2.24, 2.45) is 5.92 Å². The largest absolute Gasteiger partial charge is 0.393 e. The quantitative estimate of drug-likeness (QED) is 0.542. The van der Waals surface area contributed by atoms with Crippen LogP contribution in [0.1, 0.15) is 26.7 Å². The minimum absolute atomic E-state index is 0.255. The van der Waals surface area contributed by atoms with Crippen LogP contribution in [0.3, 0.4) is 0 Å². The Labute approximate surface area is 102 Å². The molecule has 4 N–H and O–H groups in total. The Morgan fingerprint density at radius 2 is 1.65 bits per heavy atom. The molecule has 0 spiro atoms. The van der Waals surface area contributed by atoms with Gasteiger partial charge in [0.05, 0.1) is 24.4 Å². The molecule has 0 radical (unpaired) electrons. The van der Waals surface area contributed by atoms with Crippen LogP contribution in [0.25, 0.3) is 0 Å². The minimum Gasteiger partial charge on any atom is -0.393 e. The number of aliphatic hydroxyl groups excluding tert-OH is 4. The summed E-state index contributed by atoms with van der Waals surface area (Å²) < 4.78 is 0. The van der Waals surface area contributed by atoms with E-state index in [2.05, 4.69) is 0 Å². The van der Waals surface area contributed by atoms with E-state index in [1.807, 2.05) is 6.08 Å². The lowest BCUT2D eigenvalue weighted by atomic mass is 9.88. The molecule has 0 heterocycles. The van der Waals surface area contributed by atoms with Gasteiger partial charge >= 0.3 is 0 Å². The van der Waals surface area contributed by atoms with Gasteiger partial charge in [-0.2, -0.15) is 0 Å². The summed E-state index contributed by atoms with van der Waals surface area (Å²) in [5.74, 6) is -0.265. The van der Waals surface area contributed by atoms with Crippen LogP contribution in [0, 0.1) is 5.92 Å². The van der Waals surface area contributed by atoms with E-state index in [1.165, 1.54) is 0 Å². The molecule has 4 heteroatoms. The Balaban J connectivity index is 2.61. The molecule has 5 atom stereocenters. The Kier molecular flexibility index (Phi) is 5.33. The highest BCUT2D eigenvalue weighted by molar-refractivity contribution is 5.31. The summed E-state index contributed by atoms with van der Waals surface area (Å²) in [5, 5.41) is 38.4. The van der Waals surface area contributed by atoms with Gasteiger partial charge in [-0.15, -0.1) is 0 Å². The van der Waals surface area contributed by atoms with Gasteiger partial charge < -0.3 is 20.4 Å². The zero-order chi connectivity index (χ0) is 13.0.